The number of hydrogen-bond acceptors (Lipinski definition) is 8. The van der Waals surface area contributed by atoms with Gasteiger partial charge in [0.05, 0.1) is 35.2 Å². The molecule has 0 spiro atoms. The third-order valence-corrected chi connectivity index (χ3v) is 9.76. The SMILES string of the molecule is [C-]#[N+]CC1CN(c2nc(OCC34CCCN3CC(F)C4)nc3c2COC(c2c(F)c(N)cc(C)c2C(F)(F)F)C3)CCN1C(=O)C=C. The van der Waals surface area contributed by atoms with Crippen molar-refractivity contribution in [1.29, 1.82) is 0 Å². The number of benzene rings is 1. The summed E-state index contributed by atoms with van der Waals surface area (Å²) in [5.41, 5.74) is 3.59. The number of hydrogen-bond donors (Lipinski definition) is 1. The fourth-order valence-corrected chi connectivity index (χ4v) is 7.63. The predicted molar refractivity (Wildman–Crippen MR) is 162 cm³/mol. The van der Waals surface area contributed by atoms with E-state index in [1.807, 2.05) is 4.90 Å². The maximum Gasteiger partial charge on any atom is 0.417 e. The molecule has 5 heterocycles. The van der Waals surface area contributed by atoms with E-state index in [0.29, 0.717) is 36.6 Å². The predicted octanol–water partition coefficient (Wildman–Crippen LogP) is 4.42. The van der Waals surface area contributed by atoms with Crippen molar-refractivity contribution in [3.8, 4) is 6.01 Å². The van der Waals surface area contributed by atoms with Gasteiger partial charge in [0.25, 0.3) is 0 Å². The first-order valence-electron chi connectivity index (χ1n) is 15.6. The first-order valence-corrected chi connectivity index (χ1v) is 15.6. The van der Waals surface area contributed by atoms with E-state index in [2.05, 4.69) is 21.3 Å². The van der Waals surface area contributed by atoms with Gasteiger partial charge in [0.1, 0.15) is 24.6 Å². The molecule has 2 aromatic rings. The Hall–Kier alpha value is -4.03. The normalized spacial score (nSPS) is 26.1. The first-order chi connectivity index (χ1) is 22.3. The molecule has 3 fully saturated rings. The van der Waals surface area contributed by atoms with Crippen LogP contribution in [0.1, 0.15) is 53.3 Å². The van der Waals surface area contributed by atoms with Crippen LogP contribution in [0.3, 0.4) is 0 Å². The van der Waals surface area contributed by atoms with Gasteiger partial charge >= 0.3 is 12.2 Å². The highest BCUT2D eigenvalue weighted by Gasteiger charge is 2.49. The number of amides is 1. The molecule has 4 aliphatic heterocycles. The van der Waals surface area contributed by atoms with Crippen molar-refractivity contribution in [1.82, 2.24) is 19.8 Å². The maximum atomic E-state index is 15.4. The maximum absolute atomic E-state index is 15.4. The van der Waals surface area contributed by atoms with Gasteiger partial charge in [-0.15, -0.1) is 0 Å². The van der Waals surface area contributed by atoms with Gasteiger partial charge in [-0.2, -0.15) is 23.1 Å². The second-order valence-electron chi connectivity index (χ2n) is 12.7. The molecule has 0 bridgehead atoms. The molecule has 0 radical (unpaired) electrons. The van der Waals surface area contributed by atoms with Crippen LogP contribution in [0.15, 0.2) is 18.7 Å². The zero-order valence-corrected chi connectivity index (χ0v) is 26.0. The lowest BCUT2D eigenvalue weighted by atomic mass is 9.91. The van der Waals surface area contributed by atoms with E-state index >= 15 is 4.39 Å². The average Bonchev–Trinajstić information content (AvgIpc) is 3.55. The molecule has 6 rings (SSSR count). The number of ether oxygens (including phenoxy) is 2. The number of nitrogen functional groups attached to an aromatic ring is 1. The van der Waals surface area contributed by atoms with Gasteiger partial charge in [0.2, 0.25) is 12.5 Å². The van der Waals surface area contributed by atoms with Crippen LogP contribution in [0.5, 0.6) is 6.01 Å². The lowest BCUT2D eigenvalue weighted by molar-refractivity contribution is -0.140. The van der Waals surface area contributed by atoms with E-state index in [9.17, 15) is 22.4 Å². The van der Waals surface area contributed by atoms with E-state index in [-0.39, 0.29) is 56.7 Å². The van der Waals surface area contributed by atoms with Gasteiger partial charge in [-0.3, -0.25) is 9.69 Å². The Labute approximate surface area is 269 Å². The van der Waals surface area contributed by atoms with Crippen LogP contribution in [0, 0.1) is 19.3 Å². The van der Waals surface area contributed by atoms with Gasteiger partial charge in [-0.25, -0.2) is 15.4 Å². The Morgan fingerprint density at radius 1 is 1.30 bits per heavy atom. The molecule has 47 heavy (non-hydrogen) atoms. The molecule has 4 unspecified atom stereocenters. The Morgan fingerprint density at radius 3 is 2.81 bits per heavy atom. The van der Waals surface area contributed by atoms with Gasteiger partial charge < -0.3 is 29.9 Å². The molecule has 0 saturated carbocycles. The summed E-state index contributed by atoms with van der Waals surface area (Å²) in [7, 11) is 0. The van der Waals surface area contributed by atoms with Crippen LogP contribution >= 0.6 is 0 Å². The second kappa shape index (κ2) is 12.5. The minimum Gasteiger partial charge on any atom is -0.461 e. The molecule has 4 atom stereocenters. The van der Waals surface area contributed by atoms with Crippen LogP contribution in [-0.4, -0.2) is 89.3 Å². The average molecular weight is 662 g/mol. The number of carbonyl (C=O) groups is 1. The number of nitrogens with zero attached hydrogens (tertiary/aromatic N) is 6. The number of rotatable bonds is 7. The summed E-state index contributed by atoms with van der Waals surface area (Å²) >= 11 is 0. The van der Waals surface area contributed by atoms with Gasteiger partial charge in [0.15, 0.2) is 5.82 Å². The summed E-state index contributed by atoms with van der Waals surface area (Å²) in [4.78, 5) is 30.9. The molecule has 2 N–H and O–H groups in total. The van der Waals surface area contributed by atoms with Crippen molar-refractivity contribution in [3.63, 3.8) is 0 Å². The van der Waals surface area contributed by atoms with E-state index in [4.69, 9.17) is 26.8 Å². The summed E-state index contributed by atoms with van der Waals surface area (Å²) in [5, 5.41) is 0. The summed E-state index contributed by atoms with van der Waals surface area (Å²) in [6.45, 7) is 14.0. The largest absolute Gasteiger partial charge is 0.461 e. The number of anilines is 2. The monoisotopic (exact) mass is 661 g/mol. The molecule has 0 aliphatic carbocycles. The number of aromatic nitrogens is 2. The molecule has 15 heteroatoms. The van der Waals surface area contributed by atoms with E-state index in [1.54, 1.807) is 4.90 Å². The van der Waals surface area contributed by atoms with Crippen molar-refractivity contribution in [2.24, 2.45) is 0 Å². The zero-order valence-electron chi connectivity index (χ0n) is 26.0. The Bertz CT molecular complexity index is 1610. The summed E-state index contributed by atoms with van der Waals surface area (Å²) in [6.07, 6.45) is -4.29. The molecule has 1 aromatic carbocycles. The van der Waals surface area contributed by atoms with Crippen LogP contribution in [0.25, 0.3) is 4.85 Å². The third-order valence-electron chi connectivity index (χ3n) is 9.76. The molecular weight excluding hydrogens is 625 g/mol. The molecule has 252 valence electrons. The minimum absolute atomic E-state index is 0.0301. The summed E-state index contributed by atoms with van der Waals surface area (Å²) < 4.78 is 84.7. The lowest BCUT2D eigenvalue weighted by Gasteiger charge is -2.40. The third kappa shape index (κ3) is 6.09. The van der Waals surface area contributed by atoms with Crippen molar-refractivity contribution in [3.05, 3.63) is 63.9 Å². The lowest BCUT2D eigenvalue weighted by Crippen LogP contribution is -2.56. The van der Waals surface area contributed by atoms with Crippen molar-refractivity contribution >= 4 is 17.4 Å². The van der Waals surface area contributed by atoms with Crippen LogP contribution < -0.4 is 15.4 Å². The Balaban J connectivity index is 1.38. The standard InChI is InChI=1S/C32H36F5N7O3/c1-4-25(45)44-9-8-42(15-20(44)13-39-3)29-21-16-46-24(26-27(32(35,36)37)18(2)10-22(38)28(26)34)11-23(21)40-30(41-29)47-17-31-6-5-7-43(31)14-19(33)12-31/h4,10,19-20,24H,1,5-9,11-17,38H2,2H3. The zero-order chi connectivity index (χ0) is 33.7. The van der Waals surface area contributed by atoms with Gasteiger partial charge in [0, 0.05) is 50.1 Å². The minimum atomic E-state index is -4.87. The highest BCUT2D eigenvalue weighted by Crippen LogP contribution is 2.45. The molecule has 10 nitrogen and oxygen atoms in total. The summed E-state index contributed by atoms with van der Waals surface area (Å²) in [6, 6.07) is 0.427. The fourth-order valence-electron chi connectivity index (χ4n) is 7.63. The van der Waals surface area contributed by atoms with E-state index < -0.39 is 52.7 Å². The number of aryl methyl sites for hydroxylation is 1. The van der Waals surface area contributed by atoms with Crippen LogP contribution in [-0.2, 0) is 28.7 Å². The van der Waals surface area contributed by atoms with Gasteiger partial charge in [-0.1, -0.05) is 6.58 Å². The van der Waals surface area contributed by atoms with Crippen LogP contribution in [0.4, 0.5) is 33.5 Å². The number of fused-ring (bicyclic) bond motifs is 2. The van der Waals surface area contributed by atoms with E-state index in [1.165, 1.54) is 13.0 Å². The Morgan fingerprint density at radius 2 is 2.09 bits per heavy atom. The quantitative estimate of drug-likeness (QED) is 0.202. The summed E-state index contributed by atoms with van der Waals surface area (Å²) in [5.74, 6) is -1.12. The molecular formula is C32H36F5N7O3. The van der Waals surface area contributed by atoms with Crippen molar-refractivity contribution < 1.29 is 36.2 Å². The Kier molecular flexibility index (Phi) is 8.77. The molecule has 4 aliphatic rings. The second-order valence-corrected chi connectivity index (χ2v) is 12.7. The number of carbonyl (C=O) groups excluding carboxylic acids is 1. The first kappa shape index (κ1) is 32.9. The highest BCUT2D eigenvalue weighted by molar-refractivity contribution is 5.87. The number of piperazine rings is 1. The van der Waals surface area contributed by atoms with Crippen molar-refractivity contribution in [2.75, 3.05) is 56.5 Å². The highest BCUT2D eigenvalue weighted by atomic mass is 19.4. The van der Waals surface area contributed by atoms with Crippen LogP contribution in [0.2, 0.25) is 0 Å². The number of halogens is 5. The topological polar surface area (TPSA) is 101 Å². The molecule has 1 aromatic heterocycles. The fraction of sp³-hybridized carbons (Fsp3) is 0.562. The number of nitrogens with two attached hydrogens (primary N) is 1. The van der Waals surface area contributed by atoms with Crippen molar-refractivity contribution in [2.45, 2.75) is 69.2 Å². The number of alkyl halides is 4. The smallest absolute Gasteiger partial charge is 0.417 e. The molecule has 1 amide bonds. The molecule has 3 saturated heterocycles. The van der Waals surface area contributed by atoms with E-state index in [0.717, 1.165) is 25.5 Å². The van der Waals surface area contributed by atoms with Gasteiger partial charge in [-0.05, 0) is 44.0 Å².